The molecule has 86 valence electrons. The Hall–Kier alpha value is -1.71. The number of rotatable bonds is 3. The van der Waals surface area contributed by atoms with Gasteiger partial charge in [-0.15, -0.1) is 0 Å². The molecular formula is C12H15NO3. The molecule has 0 aliphatic carbocycles. The van der Waals surface area contributed by atoms with Crippen LogP contribution in [0.25, 0.3) is 0 Å². The largest absolute Gasteiger partial charge is 0.454 e. The third kappa shape index (κ3) is 2.27. The van der Waals surface area contributed by atoms with Gasteiger partial charge < -0.3 is 14.8 Å². The molecule has 0 unspecified atom stereocenters. The third-order valence-electron chi connectivity index (χ3n) is 2.28. The molecule has 0 atom stereocenters. The SMILES string of the molecule is CC(C)NC(=O)Cc1cccc2c1OCO2. The Morgan fingerprint density at radius 1 is 1.44 bits per heavy atom. The lowest BCUT2D eigenvalue weighted by molar-refractivity contribution is -0.120. The maximum atomic E-state index is 11.6. The molecule has 0 spiro atoms. The minimum atomic E-state index is -0.00102. The zero-order chi connectivity index (χ0) is 11.5. The van der Waals surface area contributed by atoms with E-state index in [4.69, 9.17) is 9.47 Å². The van der Waals surface area contributed by atoms with E-state index in [9.17, 15) is 4.79 Å². The van der Waals surface area contributed by atoms with E-state index in [0.717, 1.165) is 11.3 Å². The first-order valence-corrected chi connectivity index (χ1v) is 5.33. The predicted octanol–water partition coefficient (Wildman–Crippen LogP) is 1.48. The molecule has 4 nitrogen and oxygen atoms in total. The van der Waals surface area contributed by atoms with Gasteiger partial charge in [-0.1, -0.05) is 12.1 Å². The highest BCUT2D eigenvalue weighted by molar-refractivity contribution is 5.80. The molecule has 4 heteroatoms. The summed E-state index contributed by atoms with van der Waals surface area (Å²) in [7, 11) is 0. The molecule has 1 aromatic rings. The van der Waals surface area contributed by atoms with Crippen LogP contribution >= 0.6 is 0 Å². The van der Waals surface area contributed by atoms with Crippen LogP contribution in [0.15, 0.2) is 18.2 Å². The van der Waals surface area contributed by atoms with Gasteiger partial charge in [0.15, 0.2) is 11.5 Å². The standard InChI is InChI=1S/C12H15NO3/c1-8(2)13-11(14)6-9-4-3-5-10-12(9)16-7-15-10/h3-5,8H,6-7H2,1-2H3,(H,13,14). The van der Waals surface area contributed by atoms with E-state index in [1.165, 1.54) is 0 Å². The Morgan fingerprint density at radius 3 is 3.00 bits per heavy atom. The van der Waals surface area contributed by atoms with Gasteiger partial charge in [0, 0.05) is 11.6 Å². The van der Waals surface area contributed by atoms with E-state index in [-0.39, 0.29) is 18.7 Å². The van der Waals surface area contributed by atoms with E-state index in [2.05, 4.69) is 5.32 Å². The fourth-order valence-electron chi connectivity index (χ4n) is 1.68. The summed E-state index contributed by atoms with van der Waals surface area (Å²) in [6.07, 6.45) is 0.324. The van der Waals surface area contributed by atoms with Crippen molar-refractivity contribution in [3.8, 4) is 11.5 Å². The van der Waals surface area contributed by atoms with Gasteiger partial charge in [-0.3, -0.25) is 4.79 Å². The molecule has 0 saturated heterocycles. The number of benzene rings is 1. The Balaban J connectivity index is 2.10. The number of nitrogens with one attached hydrogen (secondary N) is 1. The Labute approximate surface area is 94.6 Å². The van der Waals surface area contributed by atoms with Crippen LogP contribution in [-0.4, -0.2) is 18.7 Å². The molecule has 0 saturated carbocycles. The first-order valence-electron chi connectivity index (χ1n) is 5.33. The van der Waals surface area contributed by atoms with Crippen LogP contribution in [0, 0.1) is 0 Å². The van der Waals surface area contributed by atoms with E-state index >= 15 is 0 Å². The van der Waals surface area contributed by atoms with Gasteiger partial charge in [0.2, 0.25) is 12.7 Å². The second kappa shape index (κ2) is 4.43. The number of fused-ring (bicyclic) bond motifs is 1. The van der Waals surface area contributed by atoms with Gasteiger partial charge in [-0.25, -0.2) is 0 Å². The molecule has 1 heterocycles. The van der Waals surface area contributed by atoms with Crippen molar-refractivity contribution >= 4 is 5.91 Å². The monoisotopic (exact) mass is 221 g/mol. The lowest BCUT2D eigenvalue weighted by Crippen LogP contribution is -2.31. The molecule has 0 aromatic heterocycles. The van der Waals surface area contributed by atoms with Crippen LogP contribution in [0.5, 0.6) is 11.5 Å². The van der Waals surface area contributed by atoms with Crippen molar-refractivity contribution in [2.45, 2.75) is 26.3 Å². The Bertz CT molecular complexity index is 401. The van der Waals surface area contributed by atoms with Crippen LogP contribution in [-0.2, 0) is 11.2 Å². The lowest BCUT2D eigenvalue weighted by atomic mass is 10.1. The quantitative estimate of drug-likeness (QED) is 0.841. The highest BCUT2D eigenvalue weighted by Crippen LogP contribution is 2.35. The molecular weight excluding hydrogens is 206 g/mol. The summed E-state index contributed by atoms with van der Waals surface area (Å²) in [5.74, 6) is 1.41. The van der Waals surface area contributed by atoms with E-state index < -0.39 is 0 Å². The van der Waals surface area contributed by atoms with Crippen molar-refractivity contribution in [2.75, 3.05) is 6.79 Å². The summed E-state index contributed by atoms with van der Waals surface area (Å²) in [6.45, 7) is 4.11. The van der Waals surface area contributed by atoms with Crippen molar-refractivity contribution in [2.24, 2.45) is 0 Å². The number of amides is 1. The van der Waals surface area contributed by atoms with Crippen molar-refractivity contribution < 1.29 is 14.3 Å². The molecule has 0 bridgehead atoms. The maximum absolute atomic E-state index is 11.6. The minimum Gasteiger partial charge on any atom is -0.454 e. The third-order valence-corrected chi connectivity index (χ3v) is 2.28. The summed E-state index contributed by atoms with van der Waals surface area (Å²) < 4.78 is 10.6. The van der Waals surface area contributed by atoms with Crippen LogP contribution in [0.2, 0.25) is 0 Å². The molecule has 0 radical (unpaired) electrons. The fourth-order valence-corrected chi connectivity index (χ4v) is 1.68. The molecule has 0 fully saturated rings. The minimum absolute atomic E-state index is 0.00102. The summed E-state index contributed by atoms with van der Waals surface area (Å²) in [5, 5.41) is 2.85. The van der Waals surface area contributed by atoms with Gasteiger partial charge in [-0.05, 0) is 19.9 Å². The average molecular weight is 221 g/mol. The molecule has 1 amide bonds. The fraction of sp³-hybridized carbons (Fsp3) is 0.417. The van der Waals surface area contributed by atoms with Crippen molar-refractivity contribution in [1.29, 1.82) is 0 Å². The van der Waals surface area contributed by atoms with Crippen molar-refractivity contribution in [3.05, 3.63) is 23.8 Å². The zero-order valence-corrected chi connectivity index (χ0v) is 9.45. The summed E-state index contributed by atoms with van der Waals surface area (Å²) in [5.41, 5.74) is 0.869. The van der Waals surface area contributed by atoms with Gasteiger partial charge in [-0.2, -0.15) is 0 Å². The summed E-state index contributed by atoms with van der Waals surface area (Å²) in [4.78, 5) is 11.6. The van der Waals surface area contributed by atoms with Crippen molar-refractivity contribution in [1.82, 2.24) is 5.32 Å². The van der Waals surface area contributed by atoms with Gasteiger partial charge in [0.25, 0.3) is 0 Å². The number of hydrogen-bond donors (Lipinski definition) is 1. The van der Waals surface area contributed by atoms with Gasteiger partial charge >= 0.3 is 0 Å². The molecule has 16 heavy (non-hydrogen) atoms. The number of para-hydroxylation sites is 1. The highest BCUT2D eigenvalue weighted by atomic mass is 16.7. The lowest BCUT2D eigenvalue weighted by Gasteiger charge is -2.09. The normalized spacial score (nSPS) is 12.9. The molecule has 2 rings (SSSR count). The zero-order valence-electron chi connectivity index (χ0n) is 9.45. The predicted molar refractivity (Wildman–Crippen MR) is 59.5 cm³/mol. The number of ether oxygens (including phenoxy) is 2. The smallest absolute Gasteiger partial charge is 0.231 e. The Morgan fingerprint density at radius 2 is 2.25 bits per heavy atom. The Kier molecular flexibility index (Phi) is 2.99. The topological polar surface area (TPSA) is 47.6 Å². The van der Waals surface area contributed by atoms with Gasteiger partial charge in [0.05, 0.1) is 6.42 Å². The maximum Gasteiger partial charge on any atom is 0.231 e. The van der Waals surface area contributed by atoms with E-state index in [0.29, 0.717) is 12.2 Å². The average Bonchev–Trinajstić information content (AvgIpc) is 2.65. The van der Waals surface area contributed by atoms with Crippen LogP contribution in [0.4, 0.5) is 0 Å². The molecule has 1 aliphatic rings. The second-order valence-corrected chi connectivity index (χ2v) is 4.05. The van der Waals surface area contributed by atoms with Crippen LogP contribution in [0.3, 0.4) is 0 Å². The van der Waals surface area contributed by atoms with E-state index in [1.807, 2.05) is 32.0 Å². The highest BCUT2D eigenvalue weighted by Gasteiger charge is 2.18. The second-order valence-electron chi connectivity index (χ2n) is 4.05. The first kappa shape index (κ1) is 10.8. The molecule has 1 aromatic carbocycles. The van der Waals surface area contributed by atoms with Gasteiger partial charge in [0.1, 0.15) is 0 Å². The molecule has 1 aliphatic heterocycles. The first-order chi connectivity index (χ1) is 7.66. The van der Waals surface area contributed by atoms with Crippen LogP contribution in [0.1, 0.15) is 19.4 Å². The number of carbonyl (C=O) groups is 1. The summed E-state index contributed by atoms with van der Waals surface area (Å²) in [6, 6.07) is 5.74. The van der Waals surface area contributed by atoms with Crippen molar-refractivity contribution in [3.63, 3.8) is 0 Å². The number of hydrogen-bond acceptors (Lipinski definition) is 3. The van der Waals surface area contributed by atoms with Crippen LogP contribution < -0.4 is 14.8 Å². The summed E-state index contributed by atoms with van der Waals surface area (Å²) >= 11 is 0. The molecule has 1 N–H and O–H groups in total. The van der Waals surface area contributed by atoms with E-state index in [1.54, 1.807) is 0 Å². The number of carbonyl (C=O) groups excluding carboxylic acids is 1.